The van der Waals surface area contributed by atoms with Gasteiger partial charge in [0.15, 0.2) is 16.4 Å². The highest BCUT2D eigenvalue weighted by atomic mass is 35.5. The molecule has 0 aliphatic heterocycles. The fourth-order valence-corrected chi connectivity index (χ4v) is 5.64. The zero-order valence-electron chi connectivity index (χ0n) is 20.4. The number of aromatic hydroxyl groups is 1. The Morgan fingerprint density at radius 2 is 1.69 bits per heavy atom. The molecule has 3 aromatic carbocycles. The van der Waals surface area contributed by atoms with Crippen LogP contribution in [0.4, 0.5) is 0 Å². The average molecular weight is 600 g/mol. The van der Waals surface area contributed by atoms with Crippen molar-refractivity contribution in [1.82, 2.24) is 10.2 Å². The third-order valence-corrected chi connectivity index (χ3v) is 8.00. The number of hydrogen-bond acceptors (Lipinski definition) is 9. The molecule has 12 nitrogen and oxygen atoms in total. The molecule has 3 rings (SSSR count). The number of sulfonamides is 1. The number of sulfone groups is 1. The molecular weight excluding hydrogens is 574 g/mol. The van der Waals surface area contributed by atoms with Gasteiger partial charge in [-0.15, -0.1) is 12.4 Å². The van der Waals surface area contributed by atoms with Crippen LogP contribution in [-0.2, 0) is 31.1 Å². The quantitative estimate of drug-likeness (QED) is 0.108. The SMILES string of the molecule is CS(=O)(=O)c1ccccc1-c1ccc(CCNS(=O)(=O)c2cc(C(=N)NO)ccc2O)c(OCC(=O)O)c1.Cl. The standard InChI is InChI=1S/C24H25N3O9S2.ClH/c1-37(32,33)21-5-3-2-4-18(21)16-7-6-15(20(12-16)36-14-23(29)30)10-11-26-38(34,35)22-13-17(24(25)27-31)8-9-19(22)28;/h2-9,12-13,26,28,31H,10-11,14H2,1H3,(H2,25,27)(H,29,30);1H. The number of phenolic OH excluding ortho intramolecular Hbond substituents is 1. The normalized spacial score (nSPS) is 11.3. The van der Waals surface area contributed by atoms with E-state index in [4.69, 9.17) is 20.5 Å². The van der Waals surface area contributed by atoms with E-state index in [1.54, 1.807) is 35.8 Å². The largest absolute Gasteiger partial charge is 0.507 e. The van der Waals surface area contributed by atoms with Crippen LogP contribution in [0.5, 0.6) is 11.5 Å². The van der Waals surface area contributed by atoms with Crippen molar-refractivity contribution in [3.63, 3.8) is 0 Å². The Kier molecular flexibility index (Phi) is 10.4. The summed E-state index contributed by atoms with van der Waals surface area (Å²) in [6.07, 6.45) is 1.13. The number of carboxylic acids is 1. The number of phenols is 1. The number of carbonyl (C=O) groups is 1. The Morgan fingerprint density at radius 3 is 2.33 bits per heavy atom. The highest BCUT2D eigenvalue weighted by Gasteiger charge is 2.21. The summed E-state index contributed by atoms with van der Waals surface area (Å²) in [5.41, 5.74) is 2.90. The number of rotatable bonds is 11. The summed E-state index contributed by atoms with van der Waals surface area (Å²) < 4.78 is 57.8. The zero-order valence-corrected chi connectivity index (χ0v) is 22.9. The third kappa shape index (κ3) is 7.91. The van der Waals surface area contributed by atoms with Gasteiger partial charge in [0, 0.05) is 23.9 Å². The predicted octanol–water partition coefficient (Wildman–Crippen LogP) is 2.17. The van der Waals surface area contributed by atoms with Crippen LogP contribution in [0, 0.1) is 5.41 Å². The lowest BCUT2D eigenvalue weighted by molar-refractivity contribution is -0.139. The molecule has 6 N–H and O–H groups in total. The van der Waals surface area contributed by atoms with Crippen molar-refractivity contribution >= 4 is 44.1 Å². The average Bonchev–Trinajstić information content (AvgIpc) is 2.87. The number of carboxylic acid groups (broad SMARTS) is 1. The van der Waals surface area contributed by atoms with E-state index in [1.807, 2.05) is 0 Å². The summed E-state index contributed by atoms with van der Waals surface area (Å²) in [5.74, 6) is -2.15. The maximum atomic E-state index is 12.8. The van der Waals surface area contributed by atoms with Crippen LogP contribution in [0.3, 0.4) is 0 Å². The monoisotopic (exact) mass is 599 g/mol. The highest BCUT2D eigenvalue weighted by Crippen LogP contribution is 2.32. The lowest BCUT2D eigenvalue weighted by Gasteiger charge is -2.15. The predicted molar refractivity (Wildman–Crippen MR) is 144 cm³/mol. The lowest BCUT2D eigenvalue weighted by atomic mass is 10.0. The molecule has 0 radical (unpaired) electrons. The van der Waals surface area contributed by atoms with Crippen molar-refractivity contribution in [1.29, 1.82) is 5.41 Å². The Labute approximate surface area is 231 Å². The van der Waals surface area contributed by atoms with Crippen LogP contribution in [0.15, 0.2) is 70.5 Å². The van der Waals surface area contributed by atoms with Gasteiger partial charge >= 0.3 is 5.97 Å². The topological polar surface area (TPSA) is 203 Å². The van der Waals surface area contributed by atoms with Crippen LogP contribution in [0.1, 0.15) is 11.1 Å². The van der Waals surface area contributed by atoms with Gasteiger partial charge in [0.05, 0.1) is 4.90 Å². The Balaban J connectivity index is 0.00000533. The van der Waals surface area contributed by atoms with E-state index >= 15 is 0 Å². The molecule has 3 aromatic rings. The fraction of sp³-hybridized carbons (Fsp3) is 0.167. The van der Waals surface area contributed by atoms with Crippen molar-refractivity contribution in [2.24, 2.45) is 0 Å². The summed E-state index contributed by atoms with van der Waals surface area (Å²) >= 11 is 0. The first kappa shape index (κ1) is 31.5. The summed E-state index contributed by atoms with van der Waals surface area (Å²) in [5, 5.41) is 35.6. The number of halogens is 1. The van der Waals surface area contributed by atoms with Gasteiger partial charge in [0.2, 0.25) is 10.0 Å². The van der Waals surface area contributed by atoms with Crippen LogP contribution in [0.2, 0.25) is 0 Å². The van der Waals surface area contributed by atoms with E-state index in [9.17, 15) is 26.7 Å². The van der Waals surface area contributed by atoms with Crippen LogP contribution in [0.25, 0.3) is 11.1 Å². The molecule has 0 atom stereocenters. The summed E-state index contributed by atoms with van der Waals surface area (Å²) in [6, 6.07) is 14.3. The molecule has 0 fully saturated rings. The van der Waals surface area contributed by atoms with Gasteiger partial charge in [-0.25, -0.2) is 26.4 Å². The van der Waals surface area contributed by atoms with Crippen molar-refractivity contribution < 1.29 is 41.8 Å². The van der Waals surface area contributed by atoms with Crippen molar-refractivity contribution in [3.05, 3.63) is 71.8 Å². The smallest absolute Gasteiger partial charge is 0.341 e. The fourth-order valence-electron chi connectivity index (χ4n) is 3.58. The molecule has 0 bridgehead atoms. The van der Waals surface area contributed by atoms with Gasteiger partial charge < -0.3 is 14.9 Å². The first-order valence-corrected chi connectivity index (χ1v) is 14.3. The van der Waals surface area contributed by atoms with Gasteiger partial charge in [-0.2, -0.15) is 0 Å². The van der Waals surface area contributed by atoms with Gasteiger partial charge in [0.1, 0.15) is 22.2 Å². The van der Waals surface area contributed by atoms with E-state index in [2.05, 4.69) is 4.72 Å². The maximum absolute atomic E-state index is 12.8. The molecule has 0 unspecified atom stereocenters. The van der Waals surface area contributed by atoms with E-state index < -0.39 is 48.9 Å². The van der Waals surface area contributed by atoms with Crippen LogP contribution >= 0.6 is 12.4 Å². The highest BCUT2D eigenvalue weighted by molar-refractivity contribution is 7.91. The lowest BCUT2D eigenvalue weighted by Crippen LogP contribution is -2.27. The second kappa shape index (κ2) is 12.9. The number of aliphatic carboxylic acids is 1. The molecule has 0 saturated heterocycles. The molecule has 0 aromatic heterocycles. The molecule has 0 aliphatic carbocycles. The van der Waals surface area contributed by atoms with Gasteiger partial charge in [-0.05, 0) is 47.9 Å². The summed E-state index contributed by atoms with van der Waals surface area (Å²) in [4.78, 5) is 10.7. The van der Waals surface area contributed by atoms with E-state index in [0.717, 1.165) is 18.4 Å². The Hall–Kier alpha value is -3.69. The van der Waals surface area contributed by atoms with Gasteiger partial charge in [-0.3, -0.25) is 16.1 Å². The zero-order chi connectivity index (χ0) is 28.1. The number of benzene rings is 3. The van der Waals surface area contributed by atoms with Gasteiger partial charge in [0.25, 0.3) is 0 Å². The van der Waals surface area contributed by atoms with Crippen LogP contribution in [-0.4, -0.2) is 63.5 Å². The van der Waals surface area contributed by atoms with Gasteiger partial charge in [-0.1, -0.05) is 30.3 Å². The second-order valence-electron chi connectivity index (χ2n) is 8.09. The molecule has 0 amide bonds. The summed E-state index contributed by atoms with van der Waals surface area (Å²) in [7, 11) is -7.81. The minimum atomic E-state index is -4.24. The Morgan fingerprint density at radius 1 is 1.00 bits per heavy atom. The number of ether oxygens (including phenoxy) is 1. The third-order valence-electron chi connectivity index (χ3n) is 5.35. The summed E-state index contributed by atoms with van der Waals surface area (Å²) in [6.45, 7) is -0.855. The molecule has 0 aliphatic rings. The van der Waals surface area contributed by atoms with Crippen molar-refractivity contribution in [3.8, 4) is 22.6 Å². The van der Waals surface area contributed by atoms with Crippen LogP contribution < -0.4 is 14.9 Å². The number of amidine groups is 1. The first-order chi connectivity index (χ1) is 17.8. The molecule has 0 spiro atoms. The molecule has 0 heterocycles. The molecule has 0 saturated carbocycles. The minimum Gasteiger partial charge on any atom is -0.507 e. The minimum absolute atomic E-state index is 0. The van der Waals surface area contributed by atoms with E-state index in [1.165, 1.54) is 18.2 Å². The first-order valence-electron chi connectivity index (χ1n) is 10.9. The van der Waals surface area contributed by atoms with Crippen molar-refractivity contribution in [2.45, 2.75) is 16.2 Å². The number of hydrogen-bond donors (Lipinski definition) is 6. The number of nitrogens with one attached hydrogen (secondary N) is 3. The van der Waals surface area contributed by atoms with E-state index in [0.29, 0.717) is 16.7 Å². The maximum Gasteiger partial charge on any atom is 0.341 e. The number of hydroxylamine groups is 1. The molecular formula is C24H26ClN3O9S2. The molecule has 210 valence electrons. The molecule has 15 heteroatoms. The van der Waals surface area contributed by atoms with E-state index in [-0.39, 0.29) is 41.6 Å². The molecule has 39 heavy (non-hydrogen) atoms. The Bertz CT molecular complexity index is 1590. The van der Waals surface area contributed by atoms with Crippen molar-refractivity contribution in [2.75, 3.05) is 19.4 Å². The second-order valence-corrected chi connectivity index (χ2v) is 11.8.